The van der Waals surface area contributed by atoms with Gasteiger partial charge in [-0.1, -0.05) is 24.4 Å². The van der Waals surface area contributed by atoms with Crippen LogP contribution >= 0.6 is 12.2 Å². The van der Waals surface area contributed by atoms with Gasteiger partial charge < -0.3 is 9.72 Å². The molecule has 18 heavy (non-hydrogen) atoms. The minimum absolute atomic E-state index is 0.492. The van der Waals surface area contributed by atoms with Crippen LogP contribution in [0.5, 0.6) is 5.75 Å². The Morgan fingerprint density at radius 1 is 1.28 bits per heavy atom. The topological polar surface area (TPSA) is 37.9 Å². The molecule has 1 aliphatic carbocycles. The van der Waals surface area contributed by atoms with Gasteiger partial charge in [0.05, 0.1) is 19.1 Å². The van der Waals surface area contributed by atoms with Gasteiger partial charge in [-0.15, -0.1) is 0 Å². The molecule has 0 amide bonds. The first-order valence-corrected chi connectivity index (χ1v) is 6.44. The number of hydrogen-bond donors (Lipinski definition) is 1. The third kappa shape index (κ3) is 1.82. The maximum atomic E-state index is 5.35. The lowest BCUT2D eigenvalue weighted by Gasteiger charge is -2.09. The number of fused-ring (bicyclic) bond motifs is 1. The predicted octanol–water partition coefficient (Wildman–Crippen LogP) is 3.30. The Morgan fingerprint density at radius 3 is 2.94 bits per heavy atom. The van der Waals surface area contributed by atoms with E-state index in [1.807, 2.05) is 0 Å². The summed E-state index contributed by atoms with van der Waals surface area (Å²) in [6.07, 6.45) is 5.23. The van der Waals surface area contributed by atoms with Gasteiger partial charge in [0, 0.05) is 5.56 Å². The van der Waals surface area contributed by atoms with Crippen molar-refractivity contribution in [2.45, 2.75) is 19.3 Å². The van der Waals surface area contributed by atoms with Gasteiger partial charge in [0.1, 0.15) is 0 Å². The third-order valence-electron chi connectivity index (χ3n) is 3.40. The number of nitrogens with one attached hydrogen (secondary N) is 1. The van der Waals surface area contributed by atoms with E-state index in [-0.39, 0.29) is 0 Å². The Kier molecular flexibility index (Phi) is 2.88. The molecule has 3 nitrogen and oxygen atoms in total. The molecule has 0 saturated heterocycles. The number of nitrogens with zero attached hydrogens (tertiary/aromatic N) is 1. The molecule has 1 heterocycles. The molecule has 0 radical (unpaired) electrons. The van der Waals surface area contributed by atoms with Gasteiger partial charge in [-0.2, -0.15) is 0 Å². The standard InChI is InChI=1S/C14H14N2OS/c1-17-13-12(15-8-16-14(13)18)11-6-5-9-3-2-4-10(9)7-11/h5-8H,2-4H2,1H3,(H,15,16,18). The average Bonchev–Trinajstić information content (AvgIpc) is 2.85. The second kappa shape index (κ2) is 4.53. The van der Waals surface area contributed by atoms with Gasteiger partial charge >= 0.3 is 0 Å². The molecular formula is C14H14N2OS. The number of ether oxygens (including phenoxy) is 1. The van der Waals surface area contributed by atoms with Gasteiger partial charge in [-0.25, -0.2) is 4.98 Å². The van der Waals surface area contributed by atoms with Crippen LogP contribution in [0.25, 0.3) is 11.3 Å². The summed E-state index contributed by atoms with van der Waals surface area (Å²) < 4.78 is 5.84. The van der Waals surface area contributed by atoms with Crippen molar-refractivity contribution in [2.24, 2.45) is 0 Å². The summed E-state index contributed by atoms with van der Waals surface area (Å²) in [5, 5.41) is 0. The largest absolute Gasteiger partial charge is 0.491 e. The van der Waals surface area contributed by atoms with Crippen LogP contribution < -0.4 is 4.74 Å². The summed E-state index contributed by atoms with van der Waals surface area (Å²) >= 11 is 5.18. The van der Waals surface area contributed by atoms with Crippen molar-refractivity contribution in [3.05, 3.63) is 40.3 Å². The fourth-order valence-corrected chi connectivity index (χ4v) is 2.76. The molecule has 4 heteroatoms. The molecule has 0 atom stereocenters. The average molecular weight is 258 g/mol. The first kappa shape index (κ1) is 11.4. The second-order valence-electron chi connectivity index (χ2n) is 4.45. The number of H-pyrrole nitrogens is 1. The number of rotatable bonds is 2. The summed E-state index contributed by atoms with van der Waals surface area (Å²) in [5.41, 5.74) is 4.92. The molecule has 0 bridgehead atoms. The normalized spacial score (nSPS) is 13.4. The summed E-state index contributed by atoms with van der Waals surface area (Å²) in [4.78, 5) is 7.18. The molecule has 92 valence electrons. The van der Waals surface area contributed by atoms with E-state index in [1.165, 1.54) is 24.0 Å². The van der Waals surface area contributed by atoms with Gasteiger partial charge in [-0.3, -0.25) is 0 Å². The summed E-state index contributed by atoms with van der Waals surface area (Å²) in [7, 11) is 1.62. The van der Waals surface area contributed by atoms with E-state index < -0.39 is 0 Å². The molecule has 0 aliphatic heterocycles. The molecule has 0 unspecified atom stereocenters. The number of methoxy groups -OCH3 is 1. The number of hydrogen-bond acceptors (Lipinski definition) is 3. The predicted molar refractivity (Wildman–Crippen MR) is 73.4 cm³/mol. The summed E-state index contributed by atoms with van der Waals surface area (Å²) in [5.74, 6) is 0.644. The van der Waals surface area contributed by atoms with E-state index in [4.69, 9.17) is 17.0 Å². The van der Waals surface area contributed by atoms with Crippen LogP contribution in [0.2, 0.25) is 0 Å². The molecule has 3 rings (SSSR count). The van der Waals surface area contributed by atoms with Crippen molar-refractivity contribution in [1.82, 2.24) is 9.97 Å². The highest BCUT2D eigenvalue weighted by molar-refractivity contribution is 7.71. The Morgan fingerprint density at radius 2 is 2.11 bits per heavy atom. The Balaban J connectivity index is 2.16. The molecule has 0 saturated carbocycles. The highest BCUT2D eigenvalue weighted by Crippen LogP contribution is 2.31. The molecule has 1 aromatic heterocycles. The maximum absolute atomic E-state index is 5.35. The molecule has 2 aromatic rings. The monoisotopic (exact) mass is 258 g/mol. The zero-order valence-electron chi connectivity index (χ0n) is 10.2. The zero-order chi connectivity index (χ0) is 12.5. The minimum atomic E-state index is 0.492. The Bertz CT molecular complexity index is 648. The van der Waals surface area contributed by atoms with Crippen LogP contribution in [0, 0.1) is 4.64 Å². The number of aryl methyl sites for hydroxylation is 2. The summed E-state index contributed by atoms with van der Waals surface area (Å²) in [6, 6.07) is 6.55. The van der Waals surface area contributed by atoms with Gasteiger partial charge in [0.15, 0.2) is 10.4 Å². The second-order valence-corrected chi connectivity index (χ2v) is 4.84. The van der Waals surface area contributed by atoms with Gasteiger partial charge in [0.2, 0.25) is 0 Å². The van der Waals surface area contributed by atoms with E-state index >= 15 is 0 Å². The van der Waals surface area contributed by atoms with Crippen LogP contribution in [0.4, 0.5) is 0 Å². The maximum Gasteiger partial charge on any atom is 0.179 e. The van der Waals surface area contributed by atoms with Crippen molar-refractivity contribution in [3.63, 3.8) is 0 Å². The third-order valence-corrected chi connectivity index (χ3v) is 3.69. The van der Waals surface area contributed by atoms with Crippen LogP contribution in [-0.2, 0) is 12.8 Å². The molecule has 1 N–H and O–H groups in total. The molecule has 1 aliphatic rings. The van der Waals surface area contributed by atoms with Crippen LogP contribution in [0.3, 0.4) is 0 Å². The molecule has 1 aromatic carbocycles. The first-order valence-electron chi connectivity index (χ1n) is 6.03. The van der Waals surface area contributed by atoms with E-state index in [0.717, 1.165) is 17.7 Å². The molecule has 0 fully saturated rings. The highest BCUT2D eigenvalue weighted by Gasteiger charge is 2.14. The van der Waals surface area contributed by atoms with Crippen molar-refractivity contribution < 1.29 is 4.74 Å². The fraction of sp³-hybridized carbons (Fsp3) is 0.286. The highest BCUT2D eigenvalue weighted by atomic mass is 32.1. The SMILES string of the molecule is COc1c(-c2ccc3c(c2)CCC3)[nH]cnc1=S. The van der Waals surface area contributed by atoms with Crippen molar-refractivity contribution in [3.8, 4) is 17.0 Å². The van der Waals surface area contributed by atoms with Crippen LogP contribution in [0.1, 0.15) is 17.5 Å². The van der Waals surface area contributed by atoms with E-state index in [2.05, 4.69) is 28.2 Å². The number of aromatic amines is 1. The van der Waals surface area contributed by atoms with E-state index in [0.29, 0.717) is 10.4 Å². The lowest BCUT2D eigenvalue weighted by atomic mass is 10.0. The Labute approximate surface area is 111 Å². The minimum Gasteiger partial charge on any atom is -0.491 e. The number of benzene rings is 1. The van der Waals surface area contributed by atoms with Crippen molar-refractivity contribution in [2.75, 3.05) is 7.11 Å². The van der Waals surface area contributed by atoms with Crippen LogP contribution in [0.15, 0.2) is 24.5 Å². The number of aromatic nitrogens is 2. The molecule has 0 spiro atoms. The first-order chi connectivity index (χ1) is 8.79. The zero-order valence-corrected chi connectivity index (χ0v) is 11.0. The lowest BCUT2D eigenvalue weighted by molar-refractivity contribution is 0.411. The van der Waals surface area contributed by atoms with E-state index in [9.17, 15) is 0 Å². The lowest BCUT2D eigenvalue weighted by Crippen LogP contribution is -1.95. The Hall–Kier alpha value is -1.68. The quantitative estimate of drug-likeness (QED) is 0.840. The van der Waals surface area contributed by atoms with Gasteiger partial charge in [-0.05, 0) is 36.5 Å². The van der Waals surface area contributed by atoms with Crippen molar-refractivity contribution in [1.29, 1.82) is 0 Å². The van der Waals surface area contributed by atoms with E-state index in [1.54, 1.807) is 13.4 Å². The summed E-state index contributed by atoms with van der Waals surface area (Å²) in [6.45, 7) is 0. The van der Waals surface area contributed by atoms with Crippen LogP contribution in [-0.4, -0.2) is 17.1 Å². The smallest absolute Gasteiger partial charge is 0.179 e. The molecular weight excluding hydrogens is 244 g/mol. The van der Waals surface area contributed by atoms with Gasteiger partial charge in [0.25, 0.3) is 0 Å². The fourth-order valence-electron chi connectivity index (χ4n) is 2.52. The van der Waals surface area contributed by atoms with Crippen molar-refractivity contribution >= 4 is 12.2 Å².